The van der Waals surface area contributed by atoms with Gasteiger partial charge in [-0.25, -0.2) is 8.98 Å². The monoisotopic (exact) mass is 689 g/mol. The molecule has 16 heteroatoms. The molecule has 0 saturated carbocycles. The van der Waals surface area contributed by atoms with Gasteiger partial charge < -0.3 is 23.6 Å². The van der Waals surface area contributed by atoms with E-state index in [4.69, 9.17) is 22.5 Å². The summed E-state index contributed by atoms with van der Waals surface area (Å²) in [5, 5.41) is 3.55. The van der Waals surface area contributed by atoms with Gasteiger partial charge in [0, 0.05) is 25.4 Å². The van der Waals surface area contributed by atoms with Gasteiger partial charge in [0.2, 0.25) is 0 Å². The summed E-state index contributed by atoms with van der Waals surface area (Å²) in [6.45, 7) is 22.0. The Morgan fingerprint density at radius 2 is 1.64 bits per heavy atom. The molecule has 1 saturated heterocycles. The molecule has 1 aromatic rings. The zero-order valence-electron chi connectivity index (χ0n) is 28.9. The minimum Gasteiger partial charge on any atom is -0.469 e. The van der Waals surface area contributed by atoms with Crippen molar-refractivity contribution >= 4 is 32.7 Å². The summed E-state index contributed by atoms with van der Waals surface area (Å²) in [5.74, 6) is -0.487. The van der Waals surface area contributed by atoms with E-state index in [9.17, 15) is 22.8 Å². The Hall–Kier alpha value is -2.09. The quantitative estimate of drug-likeness (QED) is 0.219. The first-order valence-electron chi connectivity index (χ1n) is 15.1. The van der Waals surface area contributed by atoms with Crippen LogP contribution in [0.5, 0.6) is 0 Å². The molecule has 256 valence electrons. The molecular formula is C29H51N3O10SSi2. The van der Waals surface area contributed by atoms with Gasteiger partial charge >= 0.3 is 11.7 Å². The molecule has 2 aliphatic heterocycles. The van der Waals surface area contributed by atoms with Crippen LogP contribution in [0.25, 0.3) is 0 Å². The third kappa shape index (κ3) is 7.26. The van der Waals surface area contributed by atoms with Crippen molar-refractivity contribution in [3.63, 3.8) is 0 Å². The molecule has 1 N–H and O–H groups in total. The molecule has 1 spiro atoms. The number of esters is 1. The topological polar surface area (TPSA) is 153 Å². The average Bonchev–Trinajstić information content (AvgIpc) is 3.34. The van der Waals surface area contributed by atoms with Gasteiger partial charge in [-0.15, -0.1) is 0 Å². The number of nitrogens with zero attached hydrogens (tertiary/aromatic N) is 2. The van der Waals surface area contributed by atoms with Gasteiger partial charge in [-0.3, -0.25) is 18.7 Å². The van der Waals surface area contributed by atoms with Gasteiger partial charge in [0.1, 0.15) is 12.2 Å². The van der Waals surface area contributed by atoms with Crippen molar-refractivity contribution in [2.24, 2.45) is 7.05 Å². The molecule has 3 rings (SSSR count). The minimum atomic E-state index is -4.29. The van der Waals surface area contributed by atoms with Crippen LogP contribution < -0.4 is 16.6 Å². The number of carbonyl (C=O) groups is 1. The van der Waals surface area contributed by atoms with Crippen LogP contribution in [0, 0.1) is 6.92 Å². The van der Waals surface area contributed by atoms with Crippen LogP contribution in [0.3, 0.4) is 0 Å². The molecule has 0 unspecified atom stereocenters. The Morgan fingerprint density at radius 1 is 1.07 bits per heavy atom. The number of aromatic nitrogens is 2. The normalized spacial score (nSPS) is 25.4. The number of carbonyl (C=O) groups excluding carboxylic acids is 1. The first-order chi connectivity index (χ1) is 20.3. The van der Waals surface area contributed by atoms with Crippen molar-refractivity contribution < 1.29 is 35.7 Å². The van der Waals surface area contributed by atoms with Crippen molar-refractivity contribution in [1.82, 2.24) is 14.5 Å². The van der Waals surface area contributed by atoms with E-state index >= 15 is 0 Å². The van der Waals surface area contributed by atoms with E-state index in [1.54, 1.807) is 6.92 Å². The molecule has 0 radical (unpaired) electrons. The van der Waals surface area contributed by atoms with Gasteiger partial charge in [-0.1, -0.05) is 41.5 Å². The lowest BCUT2D eigenvalue weighted by Crippen LogP contribution is -2.60. The fraction of sp³-hybridized carbons (Fsp3) is 0.759. The van der Waals surface area contributed by atoms with E-state index in [1.807, 2.05) is 33.9 Å². The maximum Gasteiger partial charge on any atom is 0.332 e. The van der Waals surface area contributed by atoms with E-state index in [2.05, 4.69) is 39.2 Å². The van der Waals surface area contributed by atoms with Crippen molar-refractivity contribution in [1.29, 1.82) is 0 Å². The molecular weight excluding hydrogens is 639 g/mol. The number of hydrogen-bond donors (Lipinski definition) is 1. The molecule has 0 aromatic carbocycles. The summed E-state index contributed by atoms with van der Waals surface area (Å²) >= 11 is 0. The molecule has 2 aliphatic rings. The molecule has 0 bridgehead atoms. The maximum atomic E-state index is 13.6. The van der Waals surface area contributed by atoms with Crippen molar-refractivity contribution in [2.75, 3.05) is 20.3 Å². The number of aryl methyl sites for hydroxylation is 1. The van der Waals surface area contributed by atoms with Gasteiger partial charge in [0.25, 0.3) is 15.7 Å². The Morgan fingerprint density at radius 3 is 2.18 bits per heavy atom. The third-order valence-corrected chi connectivity index (χ3v) is 19.6. The SMILES string of the molecule is COC(=O)CCNC1=CS(=O)(=O)O[C@@]12[C@@H](CO[Si](C)(C)C(C)(C)C)O[C@@H](n1cc(C)c(=O)n(C)c1=O)[C@@H]2O[Si](C)(C)C(C)(C)C. The van der Waals surface area contributed by atoms with E-state index < -0.39 is 68.0 Å². The number of rotatable bonds is 10. The standard InChI is InChI=1S/C29H51N3O10SSi2/c1-19-16-32(26(35)31(8)24(19)34)25-23(41-45(12,13)28(5,6)7)29(21(40-25)17-39-44(10,11)27(2,3)4)20(18-43(36,37)42-29)30-15-14-22(33)38-9/h16,18,21,23,25,30H,14-15,17H2,1-13H3/t21-,23+,25-,29-/m1/s1. The summed E-state index contributed by atoms with van der Waals surface area (Å²) in [6, 6.07) is 0. The molecule has 1 aromatic heterocycles. The van der Waals surface area contributed by atoms with Gasteiger partial charge in [0.15, 0.2) is 28.5 Å². The van der Waals surface area contributed by atoms with Crippen molar-refractivity contribution in [2.45, 2.75) is 115 Å². The summed E-state index contributed by atoms with van der Waals surface area (Å²) in [7, 11) is -6.81. The Labute approximate surface area is 268 Å². The molecule has 1 fully saturated rings. The first kappa shape index (κ1) is 37.4. The molecule has 3 heterocycles. The van der Waals surface area contributed by atoms with E-state index in [0.717, 1.165) is 9.98 Å². The van der Waals surface area contributed by atoms with Crippen molar-refractivity contribution in [3.05, 3.63) is 43.7 Å². The molecule has 0 aliphatic carbocycles. The Balaban J connectivity index is 2.32. The molecule has 45 heavy (non-hydrogen) atoms. The zero-order valence-corrected chi connectivity index (χ0v) is 31.7. The Bertz CT molecular complexity index is 1550. The summed E-state index contributed by atoms with van der Waals surface area (Å²) in [6.07, 6.45) is -2.11. The summed E-state index contributed by atoms with van der Waals surface area (Å²) in [5.41, 5.74) is -2.54. The first-order valence-corrected chi connectivity index (χ1v) is 22.3. The maximum absolute atomic E-state index is 13.6. The van der Waals surface area contributed by atoms with Crippen LogP contribution in [-0.2, 0) is 44.5 Å². The average molecular weight is 690 g/mol. The van der Waals surface area contributed by atoms with E-state index in [1.165, 1.54) is 24.9 Å². The lowest BCUT2D eigenvalue weighted by Gasteiger charge is -2.44. The highest BCUT2D eigenvalue weighted by Gasteiger charge is 2.68. The zero-order chi connectivity index (χ0) is 34.6. The summed E-state index contributed by atoms with van der Waals surface area (Å²) in [4.78, 5) is 38.3. The van der Waals surface area contributed by atoms with Gasteiger partial charge in [-0.2, -0.15) is 8.42 Å². The number of ether oxygens (including phenoxy) is 2. The lowest BCUT2D eigenvalue weighted by molar-refractivity contribution is -0.140. The van der Waals surface area contributed by atoms with Crippen molar-refractivity contribution in [3.8, 4) is 0 Å². The fourth-order valence-corrected chi connectivity index (χ4v) is 8.34. The van der Waals surface area contributed by atoms with Crippen LogP contribution in [0.2, 0.25) is 36.3 Å². The smallest absolute Gasteiger partial charge is 0.332 e. The molecule has 4 atom stereocenters. The van der Waals surface area contributed by atoms with Crippen LogP contribution in [0.4, 0.5) is 0 Å². The highest BCUT2D eigenvalue weighted by atomic mass is 32.2. The second-order valence-corrected chi connectivity index (χ2v) is 25.9. The second-order valence-electron chi connectivity index (χ2n) is 14.9. The molecule has 0 amide bonds. The highest BCUT2D eigenvalue weighted by Crippen LogP contribution is 2.52. The second kappa shape index (κ2) is 12.5. The van der Waals surface area contributed by atoms with Crippen LogP contribution in [-0.4, -0.2) is 78.2 Å². The lowest BCUT2D eigenvalue weighted by atomic mass is 9.89. The third-order valence-electron chi connectivity index (χ3n) is 9.66. The number of hydrogen-bond acceptors (Lipinski definition) is 11. The van der Waals surface area contributed by atoms with Gasteiger partial charge in [-0.05, 0) is 43.2 Å². The Kier molecular flexibility index (Phi) is 10.4. The minimum absolute atomic E-state index is 0.0331. The predicted molar refractivity (Wildman–Crippen MR) is 175 cm³/mol. The van der Waals surface area contributed by atoms with Crippen LogP contribution >= 0.6 is 0 Å². The molecule has 13 nitrogen and oxygen atoms in total. The van der Waals surface area contributed by atoms with E-state index in [0.29, 0.717) is 0 Å². The van der Waals surface area contributed by atoms with Crippen LogP contribution in [0.15, 0.2) is 26.9 Å². The number of nitrogens with one attached hydrogen (secondary N) is 1. The summed E-state index contributed by atoms with van der Waals surface area (Å²) < 4.78 is 60.0. The van der Waals surface area contributed by atoms with Crippen LogP contribution in [0.1, 0.15) is 59.8 Å². The number of methoxy groups -OCH3 is 1. The highest BCUT2D eigenvalue weighted by molar-refractivity contribution is 7.90. The van der Waals surface area contributed by atoms with E-state index in [-0.39, 0.29) is 40.9 Å². The van der Waals surface area contributed by atoms with Gasteiger partial charge in [0.05, 0.1) is 31.2 Å². The fourth-order valence-electron chi connectivity index (χ4n) is 4.78. The largest absolute Gasteiger partial charge is 0.469 e. The predicted octanol–water partition coefficient (Wildman–Crippen LogP) is 3.26.